The van der Waals surface area contributed by atoms with Crippen LogP contribution in [0.1, 0.15) is 21.7 Å². The Kier molecular flexibility index (Phi) is 3.92. The Hall–Kier alpha value is -2.60. The number of imidazole rings is 1. The highest BCUT2D eigenvalue weighted by atomic mass is 35.5. The third-order valence-electron chi connectivity index (χ3n) is 3.42. The SMILES string of the molecule is Cc1nc2c(OCc3c(F)cccc3Cl)cccn2c1C(=O)O. The van der Waals surface area contributed by atoms with Crippen molar-refractivity contribution in [3.05, 3.63) is 64.3 Å². The zero-order valence-electron chi connectivity index (χ0n) is 12.1. The minimum atomic E-state index is -1.08. The Balaban J connectivity index is 1.98. The molecule has 0 saturated heterocycles. The van der Waals surface area contributed by atoms with Gasteiger partial charge < -0.3 is 9.84 Å². The number of fused-ring (bicyclic) bond motifs is 1. The molecule has 0 aliphatic rings. The number of aromatic carboxylic acids is 1. The van der Waals surface area contributed by atoms with E-state index in [-0.39, 0.29) is 22.9 Å². The lowest BCUT2D eigenvalue weighted by Crippen LogP contribution is -2.04. The summed E-state index contributed by atoms with van der Waals surface area (Å²) in [4.78, 5) is 15.5. The summed E-state index contributed by atoms with van der Waals surface area (Å²) in [5.74, 6) is -1.19. The standard InChI is InChI=1S/C16H12ClFN2O3/c1-9-14(16(21)22)20-7-3-6-13(15(20)19-9)23-8-10-11(17)4-2-5-12(10)18/h2-7H,8H2,1H3,(H,21,22). The number of aromatic nitrogens is 2. The number of carbonyl (C=O) groups is 1. The molecular weight excluding hydrogens is 323 g/mol. The van der Waals surface area contributed by atoms with E-state index in [0.717, 1.165) is 0 Å². The second kappa shape index (κ2) is 5.89. The zero-order valence-corrected chi connectivity index (χ0v) is 12.8. The maximum atomic E-state index is 13.8. The lowest BCUT2D eigenvalue weighted by atomic mass is 10.2. The fourth-order valence-corrected chi connectivity index (χ4v) is 2.56. The van der Waals surface area contributed by atoms with Gasteiger partial charge in [-0.1, -0.05) is 17.7 Å². The van der Waals surface area contributed by atoms with Crippen LogP contribution in [-0.2, 0) is 6.61 Å². The maximum absolute atomic E-state index is 13.8. The number of nitrogens with zero attached hydrogens (tertiary/aromatic N) is 2. The molecule has 2 aromatic heterocycles. The van der Waals surface area contributed by atoms with E-state index in [4.69, 9.17) is 16.3 Å². The number of aryl methyl sites for hydroxylation is 1. The number of ether oxygens (including phenoxy) is 1. The summed E-state index contributed by atoms with van der Waals surface area (Å²) < 4.78 is 20.8. The van der Waals surface area contributed by atoms with Crippen molar-refractivity contribution in [1.82, 2.24) is 9.38 Å². The average molecular weight is 335 g/mol. The predicted molar refractivity (Wildman–Crippen MR) is 82.6 cm³/mol. The second-order valence-corrected chi connectivity index (χ2v) is 5.31. The van der Waals surface area contributed by atoms with Gasteiger partial charge in [0.25, 0.3) is 0 Å². The van der Waals surface area contributed by atoms with Crippen molar-refractivity contribution in [3.8, 4) is 5.75 Å². The topological polar surface area (TPSA) is 63.8 Å². The van der Waals surface area contributed by atoms with Gasteiger partial charge >= 0.3 is 5.97 Å². The molecule has 0 radical (unpaired) electrons. The third-order valence-corrected chi connectivity index (χ3v) is 3.78. The summed E-state index contributed by atoms with van der Waals surface area (Å²) >= 11 is 5.97. The summed E-state index contributed by atoms with van der Waals surface area (Å²) in [5.41, 5.74) is 1.03. The van der Waals surface area contributed by atoms with Crippen molar-refractivity contribution < 1.29 is 19.0 Å². The number of hydrogen-bond donors (Lipinski definition) is 1. The molecule has 0 aliphatic carbocycles. The molecule has 23 heavy (non-hydrogen) atoms. The summed E-state index contributed by atoms with van der Waals surface area (Å²) in [5, 5.41) is 9.52. The zero-order chi connectivity index (χ0) is 16.6. The van der Waals surface area contributed by atoms with Gasteiger partial charge in [-0.05, 0) is 31.2 Å². The fourth-order valence-electron chi connectivity index (χ4n) is 2.35. The van der Waals surface area contributed by atoms with Crippen LogP contribution < -0.4 is 4.74 Å². The first-order valence-electron chi connectivity index (χ1n) is 6.75. The second-order valence-electron chi connectivity index (χ2n) is 4.91. The molecule has 2 heterocycles. The van der Waals surface area contributed by atoms with Gasteiger partial charge in [-0.2, -0.15) is 0 Å². The van der Waals surface area contributed by atoms with Crippen LogP contribution in [0.5, 0.6) is 5.75 Å². The van der Waals surface area contributed by atoms with Crippen LogP contribution in [0.25, 0.3) is 5.65 Å². The van der Waals surface area contributed by atoms with E-state index in [9.17, 15) is 14.3 Å². The van der Waals surface area contributed by atoms with Crippen LogP contribution >= 0.6 is 11.6 Å². The summed E-state index contributed by atoms with van der Waals surface area (Å²) in [6.07, 6.45) is 1.59. The van der Waals surface area contributed by atoms with E-state index in [1.165, 1.54) is 16.5 Å². The van der Waals surface area contributed by atoms with E-state index in [0.29, 0.717) is 17.1 Å². The lowest BCUT2D eigenvalue weighted by molar-refractivity contribution is 0.0688. The highest BCUT2D eigenvalue weighted by Gasteiger charge is 2.18. The third kappa shape index (κ3) is 2.73. The van der Waals surface area contributed by atoms with Gasteiger partial charge in [0.2, 0.25) is 0 Å². The molecule has 0 saturated carbocycles. The molecule has 1 aromatic carbocycles. The molecule has 3 aromatic rings. The van der Waals surface area contributed by atoms with Crippen molar-refractivity contribution in [2.24, 2.45) is 0 Å². The number of pyridine rings is 1. The number of benzene rings is 1. The van der Waals surface area contributed by atoms with E-state index in [1.807, 2.05) is 0 Å². The number of hydrogen-bond acceptors (Lipinski definition) is 3. The number of halogens is 2. The molecule has 1 N–H and O–H groups in total. The van der Waals surface area contributed by atoms with Crippen molar-refractivity contribution in [2.75, 3.05) is 0 Å². The first-order chi connectivity index (χ1) is 11.0. The molecule has 0 unspecified atom stereocenters. The molecule has 7 heteroatoms. The van der Waals surface area contributed by atoms with Crippen molar-refractivity contribution in [3.63, 3.8) is 0 Å². The highest BCUT2D eigenvalue weighted by molar-refractivity contribution is 6.31. The van der Waals surface area contributed by atoms with E-state index in [1.54, 1.807) is 31.3 Å². The number of rotatable bonds is 4. The van der Waals surface area contributed by atoms with Crippen molar-refractivity contribution in [2.45, 2.75) is 13.5 Å². The number of carboxylic acids is 1. The van der Waals surface area contributed by atoms with Crippen LogP contribution in [0.2, 0.25) is 5.02 Å². The van der Waals surface area contributed by atoms with E-state index >= 15 is 0 Å². The van der Waals surface area contributed by atoms with Crippen LogP contribution in [-0.4, -0.2) is 20.5 Å². The molecule has 0 bridgehead atoms. The Labute approximate surface area is 135 Å². The summed E-state index contributed by atoms with van der Waals surface area (Å²) in [6, 6.07) is 7.67. The van der Waals surface area contributed by atoms with Crippen LogP contribution in [0.3, 0.4) is 0 Å². The maximum Gasteiger partial charge on any atom is 0.354 e. The van der Waals surface area contributed by atoms with Crippen molar-refractivity contribution in [1.29, 1.82) is 0 Å². The minimum absolute atomic E-state index is 0.0642. The van der Waals surface area contributed by atoms with Gasteiger partial charge in [0.05, 0.1) is 10.7 Å². The largest absolute Gasteiger partial charge is 0.485 e. The van der Waals surface area contributed by atoms with Crippen LogP contribution in [0.15, 0.2) is 36.5 Å². The molecule has 3 rings (SSSR count). The monoisotopic (exact) mass is 334 g/mol. The first kappa shape index (κ1) is 15.3. The molecule has 0 spiro atoms. The molecule has 118 valence electrons. The molecular formula is C16H12ClFN2O3. The predicted octanol–water partition coefficient (Wildman–Crippen LogP) is 3.71. The van der Waals surface area contributed by atoms with Gasteiger partial charge in [-0.3, -0.25) is 4.40 Å². The van der Waals surface area contributed by atoms with E-state index in [2.05, 4.69) is 4.98 Å². The number of carboxylic acid groups (broad SMARTS) is 1. The van der Waals surface area contributed by atoms with Crippen LogP contribution in [0, 0.1) is 12.7 Å². The molecule has 5 nitrogen and oxygen atoms in total. The van der Waals surface area contributed by atoms with Gasteiger partial charge in [0, 0.05) is 11.8 Å². The van der Waals surface area contributed by atoms with Gasteiger partial charge in [0.1, 0.15) is 12.4 Å². The fraction of sp³-hybridized carbons (Fsp3) is 0.125. The van der Waals surface area contributed by atoms with Crippen LogP contribution in [0.4, 0.5) is 4.39 Å². The Morgan fingerprint density at radius 1 is 1.39 bits per heavy atom. The van der Waals surface area contributed by atoms with Crippen molar-refractivity contribution >= 4 is 23.2 Å². The summed E-state index contributed by atoms with van der Waals surface area (Å²) in [6.45, 7) is 1.52. The van der Waals surface area contributed by atoms with Gasteiger partial charge in [-0.25, -0.2) is 14.2 Å². The highest BCUT2D eigenvalue weighted by Crippen LogP contribution is 2.25. The lowest BCUT2D eigenvalue weighted by Gasteiger charge is -2.09. The average Bonchev–Trinajstić information content (AvgIpc) is 2.83. The smallest absolute Gasteiger partial charge is 0.354 e. The Morgan fingerprint density at radius 3 is 2.87 bits per heavy atom. The Morgan fingerprint density at radius 2 is 2.17 bits per heavy atom. The Bertz CT molecular complexity index is 887. The normalized spacial score (nSPS) is 10.9. The quantitative estimate of drug-likeness (QED) is 0.790. The van der Waals surface area contributed by atoms with Gasteiger partial charge in [0.15, 0.2) is 17.1 Å². The summed E-state index contributed by atoms with van der Waals surface area (Å²) in [7, 11) is 0. The first-order valence-corrected chi connectivity index (χ1v) is 7.13. The molecule has 0 fully saturated rings. The molecule has 0 aliphatic heterocycles. The minimum Gasteiger partial charge on any atom is -0.485 e. The molecule has 0 atom stereocenters. The van der Waals surface area contributed by atoms with E-state index < -0.39 is 11.8 Å². The van der Waals surface area contributed by atoms with Gasteiger partial charge in [-0.15, -0.1) is 0 Å². The molecule has 0 amide bonds.